The van der Waals surface area contributed by atoms with E-state index in [9.17, 15) is 4.79 Å². The molecule has 1 rings (SSSR count). The van der Waals surface area contributed by atoms with Crippen LogP contribution in [0.2, 0.25) is 0 Å². The summed E-state index contributed by atoms with van der Waals surface area (Å²) in [7, 11) is 1.62. The van der Waals surface area contributed by atoms with Gasteiger partial charge in [0.2, 0.25) is 0 Å². The summed E-state index contributed by atoms with van der Waals surface area (Å²) in [6, 6.07) is 0. The fraction of sp³-hybridized carbons (Fsp3) is 0.933. The van der Waals surface area contributed by atoms with E-state index in [1.807, 2.05) is 18.7 Å². The lowest BCUT2D eigenvalue weighted by molar-refractivity contribution is -0.153. The van der Waals surface area contributed by atoms with Gasteiger partial charge in [-0.3, -0.25) is 4.79 Å². The Hall–Kier alpha value is -0.650. The zero-order valence-electron chi connectivity index (χ0n) is 13.5. The predicted molar refractivity (Wildman–Crippen MR) is 81.6 cm³/mol. The summed E-state index contributed by atoms with van der Waals surface area (Å²) in [5, 5.41) is 0. The molecule has 0 aliphatic carbocycles. The van der Waals surface area contributed by atoms with Gasteiger partial charge in [-0.25, -0.2) is 0 Å². The van der Waals surface area contributed by atoms with Crippen molar-refractivity contribution in [3.63, 3.8) is 0 Å². The van der Waals surface area contributed by atoms with Crippen molar-refractivity contribution in [3.8, 4) is 0 Å². The Morgan fingerprint density at radius 3 is 2.60 bits per heavy atom. The van der Waals surface area contributed by atoms with Crippen LogP contribution in [0.4, 0.5) is 0 Å². The first-order valence-corrected chi connectivity index (χ1v) is 7.73. The molecular weight excluding hydrogens is 254 g/mol. The van der Waals surface area contributed by atoms with Crippen LogP contribution in [0.15, 0.2) is 0 Å². The summed E-state index contributed by atoms with van der Waals surface area (Å²) in [6.07, 6.45) is 1.72. The van der Waals surface area contributed by atoms with Crippen LogP contribution in [-0.4, -0.2) is 67.7 Å². The van der Waals surface area contributed by atoms with Gasteiger partial charge >= 0.3 is 0 Å². The molecule has 2 unspecified atom stereocenters. The van der Waals surface area contributed by atoms with E-state index >= 15 is 0 Å². The average molecular weight is 285 g/mol. The Bertz CT molecular complexity index is 305. The van der Waals surface area contributed by atoms with Crippen molar-refractivity contribution in [3.05, 3.63) is 0 Å². The van der Waals surface area contributed by atoms with Gasteiger partial charge in [0.05, 0.1) is 0 Å². The van der Waals surface area contributed by atoms with Crippen LogP contribution in [0.5, 0.6) is 0 Å². The zero-order valence-corrected chi connectivity index (χ0v) is 13.5. The maximum atomic E-state index is 12.6. The van der Waals surface area contributed by atoms with Crippen LogP contribution in [0, 0.1) is 5.92 Å². The maximum absolute atomic E-state index is 12.6. The first-order valence-electron chi connectivity index (χ1n) is 7.73. The van der Waals surface area contributed by atoms with Crippen LogP contribution >= 0.6 is 0 Å². The standard InChI is InChI=1S/C15H31N3O2/c1-5-15(3,20-4)14(19)18-8-6-7-17(9-10-18)12-13(2)11-16/h13H,5-12,16H2,1-4H3. The van der Waals surface area contributed by atoms with Crippen molar-refractivity contribution >= 4 is 5.91 Å². The molecule has 0 spiro atoms. The molecule has 1 aliphatic heterocycles. The topological polar surface area (TPSA) is 58.8 Å². The quantitative estimate of drug-likeness (QED) is 0.789. The van der Waals surface area contributed by atoms with Gasteiger partial charge in [0, 0.05) is 33.3 Å². The first kappa shape index (κ1) is 17.4. The minimum absolute atomic E-state index is 0.122. The monoisotopic (exact) mass is 285 g/mol. The zero-order chi connectivity index (χ0) is 15.2. The van der Waals surface area contributed by atoms with E-state index in [2.05, 4.69) is 11.8 Å². The van der Waals surface area contributed by atoms with Crippen molar-refractivity contribution in [2.24, 2.45) is 11.7 Å². The van der Waals surface area contributed by atoms with Crippen molar-refractivity contribution in [1.29, 1.82) is 0 Å². The number of hydrogen-bond acceptors (Lipinski definition) is 4. The molecule has 20 heavy (non-hydrogen) atoms. The first-order chi connectivity index (χ1) is 9.46. The molecule has 0 bridgehead atoms. The summed E-state index contributed by atoms with van der Waals surface area (Å²) in [5.74, 6) is 0.633. The summed E-state index contributed by atoms with van der Waals surface area (Å²) in [5.41, 5.74) is 5.01. The van der Waals surface area contributed by atoms with E-state index in [0.717, 1.165) is 45.7 Å². The van der Waals surface area contributed by atoms with E-state index < -0.39 is 5.60 Å². The highest BCUT2D eigenvalue weighted by atomic mass is 16.5. The number of carbonyl (C=O) groups is 1. The summed E-state index contributed by atoms with van der Waals surface area (Å²) < 4.78 is 5.43. The minimum atomic E-state index is -0.681. The molecular formula is C15H31N3O2. The summed E-state index contributed by atoms with van der Waals surface area (Å²) >= 11 is 0. The lowest BCUT2D eigenvalue weighted by Crippen LogP contribution is -2.49. The third-order valence-electron chi connectivity index (χ3n) is 4.43. The number of rotatable bonds is 6. The predicted octanol–water partition coefficient (Wildman–Crippen LogP) is 0.931. The molecule has 5 heteroatoms. The fourth-order valence-corrected chi connectivity index (χ4v) is 2.59. The number of methoxy groups -OCH3 is 1. The van der Waals surface area contributed by atoms with E-state index in [-0.39, 0.29) is 5.91 Å². The largest absolute Gasteiger partial charge is 0.369 e. The van der Waals surface area contributed by atoms with Crippen molar-refractivity contribution < 1.29 is 9.53 Å². The van der Waals surface area contributed by atoms with Crippen LogP contribution in [0.3, 0.4) is 0 Å². The summed E-state index contributed by atoms with van der Waals surface area (Å²) in [6.45, 7) is 11.4. The lowest BCUT2D eigenvalue weighted by atomic mass is 10.0. The molecule has 5 nitrogen and oxygen atoms in total. The van der Waals surface area contributed by atoms with Crippen molar-refractivity contribution in [2.75, 3.05) is 46.4 Å². The Morgan fingerprint density at radius 1 is 1.35 bits per heavy atom. The van der Waals surface area contributed by atoms with Crippen LogP contribution in [0.25, 0.3) is 0 Å². The van der Waals surface area contributed by atoms with Crippen LogP contribution < -0.4 is 5.73 Å². The van der Waals surface area contributed by atoms with Crippen LogP contribution in [0.1, 0.15) is 33.6 Å². The normalized spacial score (nSPS) is 22.1. The Labute approximate surface area is 123 Å². The van der Waals surface area contributed by atoms with E-state index in [0.29, 0.717) is 12.3 Å². The average Bonchev–Trinajstić information content (AvgIpc) is 2.71. The number of nitrogens with zero attached hydrogens (tertiary/aromatic N) is 2. The second kappa shape index (κ2) is 7.96. The van der Waals surface area contributed by atoms with E-state index in [4.69, 9.17) is 10.5 Å². The summed E-state index contributed by atoms with van der Waals surface area (Å²) in [4.78, 5) is 17.0. The van der Waals surface area contributed by atoms with Crippen molar-refractivity contribution in [1.82, 2.24) is 9.80 Å². The molecule has 1 heterocycles. The number of amides is 1. The van der Waals surface area contributed by atoms with E-state index in [1.54, 1.807) is 7.11 Å². The van der Waals surface area contributed by atoms with Gasteiger partial charge in [-0.1, -0.05) is 13.8 Å². The molecule has 0 aromatic carbocycles. The molecule has 1 fully saturated rings. The van der Waals surface area contributed by atoms with Gasteiger partial charge in [-0.15, -0.1) is 0 Å². The highest BCUT2D eigenvalue weighted by molar-refractivity contribution is 5.84. The van der Waals surface area contributed by atoms with Crippen LogP contribution in [-0.2, 0) is 9.53 Å². The van der Waals surface area contributed by atoms with Gasteiger partial charge in [0.15, 0.2) is 0 Å². The lowest BCUT2D eigenvalue weighted by Gasteiger charge is -2.32. The molecule has 118 valence electrons. The molecule has 0 aromatic heterocycles. The fourth-order valence-electron chi connectivity index (χ4n) is 2.59. The third kappa shape index (κ3) is 4.43. The SMILES string of the molecule is CCC(C)(OC)C(=O)N1CCCN(CC(C)CN)CC1. The van der Waals surface area contributed by atoms with Gasteiger partial charge in [0.25, 0.3) is 5.91 Å². The third-order valence-corrected chi connectivity index (χ3v) is 4.43. The van der Waals surface area contributed by atoms with E-state index in [1.165, 1.54) is 0 Å². The molecule has 1 amide bonds. The second-order valence-electron chi connectivity index (χ2n) is 6.08. The molecule has 2 atom stereocenters. The highest BCUT2D eigenvalue weighted by Gasteiger charge is 2.35. The molecule has 1 aliphatic rings. The smallest absolute Gasteiger partial charge is 0.254 e. The highest BCUT2D eigenvalue weighted by Crippen LogP contribution is 2.19. The van der Waals surface area contributed by atoms with Gasteiger partial charge < -0.3 is 20.3 Å². The number of ether oxygens (including phenoxy) is 1. The second-order valence-corrected chi connectivity index (χ2v) is 6.08. The Kier molecular flexibility index (Phi) is 6.92. The number of nitrogens with two attached hydrogens (primary N) is 1. The molecule has 1 saturated heterocycles. The Morgan fingerprint density at radius 2 is 2.05 bits per heavy atom. The van der Waals surface area contributed by atoms with Gasteiger partial charge in [-0.2, -0.15) is 0 Å². The molecule has 0 radical (unpaired) electrons. The van der Waals surface area contributed by atoms with Gasteiger partial charge in [-0.05, 0) is 38.8 Å². The molecule has 2 N–H and O–H groups in total. The van der Waals surface area contributed by atoms with Crippen molar-refractivity contribution in [2.45, 2.75) is 39.2 Å². The number of carbonyl (C=O) groups excluding carboxylic acids is 1. The van der Waals surface area contributed by atoms with Gasteiger partial charge in [0.1, 0.15) is 5.60 Å². The number of hydrogen-bond donors (Lipinski definition) is 1. The Balaban J connectivity index is 2.57. The molecule has 0 aromatic rings. The molecule has 0 saturated carbocycles. The maximum Gasteiger partial charge on any atom is 0.254 e. The minimum Gasteiger partial charge on any atom is -0.369 e.